The van der Waals surface area contributed by atoms with Crippen LogP contribution >= 0.6 is 0 Å². The molecule has 1 aromatic heterocycles. The first-order valence-corrected chi connectivity index (χ1v) is 9.50. The van der Waals surface area contributed by atoms with E-state index in [-0.39, 0.29) is 23.5 Å². The Labute approximate surface area is 164 Å². The lowest BCUT2D eigenvalue weighted by atomic mass is 9.93. The minimum absolute atomic E-state index is 0.0284. The lowest BCUT2D eigenvalue weighted by Crippen LogP contribution is -2.45. The molecule has 1 spiro atoms. The number of piperidine rings is 1. The molecular formula is C18H22F3N5O3. The number of carbonyl (C=O) groups is 1. The average Bonchev–Trinajstić information content (AvgIpc) is 3.25. The summed E-state index contributed by atoms with van der Waals surface area (Å²) in [5.41, 5.74) is -0.593. The maximum Gasteiger partial charge on any atom is 0.416 e. The molecule has 8 nitrogen and oxygen atoms in total. The van der Waals surface area contributed by atoms with Crippen molar-refractivity contribution >= 4 is 17.6 Å². The van der Waals surface area contributed by atoms with Crippen molar-refractivity contribution in [3.8, 4) is 0 Å². The van der Waals surface area contributed by atoms with Gasteiger partial charge in [-0.1, -0.05) is 5.10 Å². The van der Waals surface area contributed by atoms with Gasteiger partial charge in [-0.25, -0.2) is 0 Å². The van der Waals surface area contributed by atoms with Gasteiger partial charge in [-0.15, -0.1) is 5.10 Å². The Hall–Kier alpha value is -2.56. The molecule has 29 heavy (non-hydrogen) atoms. The monoisotopic (exact) mass is 413 g/mol. The molecule has 0 aromatic carbocycles. The Bertz CT molecular complexity index is 849. The minimum Gasteiger partial charge on any atom is -0.402 e. The number of dihydropyridines is 1. The normalized spacial score (nSPS) is 24.4. The van der Waals surface area contributed by atoms with Crippen molar-refractivity contribution in [2.75, 3.05) is 18.4 Å². The fourth-order valence-electron chi connectivity index (χ4n) is 3.71. The highest BCUT2D eigenvalue weighted by Crippen LogP contribution is 2.53. The molecule has 1 aromatic rings. The van der Waals surface area contributed by atoms with E-state index in [1.165, 1.54) is 12.8 Å². The first-order valence-electron chi connectivity index (χ1n) is 9.50. The number of nitrogens with zero attached hydrogens (tertiary/aromatic N) is 3. The van der Waals surface area contributed by atoms with E-state index in [9.17, 15) is 23.1 Å². The molecule has 1 unspecified atom stereocenters. The van der Waals surface area contributed by atoms with Gasteiger partial charge in [0.25, 0.3) is 5.89 Å². The molecule has 158 valence electrons. The molecule has 11 heteroatoms. The molecule has 2 aliphatic heterocycles. The van der Waals surface area contributed by atoms with Crippen molar-refractivity contribution in [1.29, 1.82) is 0 Å². The number of nitrogens with one attached hydrogen (secondary N) is 2. The summed E-state index contributed by atoms with van der Waals surface area (Å²) in [4.78, 5) is 14.4. The molecule has 4 rings (SSSR count). The number of carbonyl (C=O) groups excluding carboxylic acids is 1. The molecule has 1 saturated heterocycles. The largest absolute Gasteiger partial charge is 0.416 e. The minimum atomic E-state index is -4.65. The van der Waals surface area contributed by atoms with Crippen LogP contribution in [0.5, 0.6) is 0 Å². The van der Waals surface area contributed by atoms with Crippen LogP contribution in [0.4, 0.5) is 19.2 Å². The van der Waals surface area contributed by atoms with Crippen molar-refractivity contribution in [1.82, 2.24) is 20.4 Å². The van der Waals surface area contributed by atoms with E-state index in [0.29, 0.717) is 5.41 Å². The van der Waals surface area contributed by atoms with E-state index in [2.05, 4.69) is 20.8 Å². The zero-order valence-electron chi connectivity index (χ0n) is 15.8. The van der Waals surface area contributed by atoms with Crippen LogP contribution < -0.4 is 10.6 Å². The Balaban J connectivity index is 1.37. The molecule has 1 aliphatic carbocycles. The molecule has 2 fully saturated rings. The van der Waals surface area contributed by atoms with E-state index in [1.54, 1.807) is 6.92 Å². The van der Waals surface area contributed by atoms with E-state index >= 15 is 0 Å². The van der Waals surface area contributed by atoms with Gasteiger partial charge >= 0.3 is 12.2 Å². The van der Waals surface area contributed by atoms with Crippen molar-refractivity contribution in [3.63, 3.8) is 0 Å². The third-order valence-corrected chi connectivity index (χ3v) is 5.80. The number of amides is 1. The van der Waals surface area contributed by atoms with Crippen molar-refractivity contribution in [3.05, 3.63) is 23.6 Å². The number of anilines is 1. The van der Waals surface area contributed by atoms with Gasteiger partial charge < -0.3 is 25.1 Å². The predicted molar refractivity (Wildman–Crippen MR) is 96.1 cm³/mol. The number of aliphatic hydroxyl groups is 1. The molecule has 3 aliphatic rings. The summed E-state index contributed by atoms with van der Waals surface area (Å²) in [6.07, 6.45) is -0.159. The highest BCUT2D eigenvalue weighted by Gasteiger charge is 2.45. The summed E-state index contributed by atoms with van der Waals surface area (Å²) in [5, 5.41) is 22.3. The molecular weight excluding hydrogens is 391 g/mol. The molecule has 1 saturated carbocycles. The predicted octanol–water partition coefficient (Wildman–Crippen LogP) is 2.02. The molecule has 2 atom stereocenters. The maximum atomic E-state index is 12.7. The van der Waals surface area contributed by atoms with Crippen LogP contribution in [0.15, 0.2) is 22.1 Å². The summed E-state index contributed by atoms with van der Waals surface area (Å²) in [6, 6.07) is -0.619. The molecule has 0 radical (unpaired) electrons. The van der Waals surface area contributed by atoms with Gasteiger partial charge in [-0.05, 0) is 50.2 Å². The Morgan fingerprint density at radius 2 is 2.00 bits per heavy atom. The quantitative estimate of drug-likeness (QED) is 0.694. The highest BCUT2D eigenvalue weighted by atomic mass is 19.4. The summed E-state index contributed by atoms with van der Waals surface area (Å²) >= 11 is 0. The van der Waals surface area contributed by atoms with Crippen LogP contribution in [0.25, 0.3) is 5.70 Å². The Kier molecular flexibility index (Phi) is 4.80. The maximum absolute atomic E-state index is 12.7. The van der Waals surface area contributed by atoms with Gasteiger partial charge in [0.2, 0.25) is 5.91 Å². The number of hydrogen-bond donors (Lipinski definition) is 3. The van der Waals surface area contributed by atoms with Crippen LogP contribution in [-0.4, -0.2) is 57.6 Å². The van der Waals surface area contributed by atoms with Crippen LogP contribution in [0, 0.1) is 5.41 Å². The van der Waals surface area contributed by atoms with Gasteiger partial charge in [0, 0.05) is 13.1 Å². The lowest BCUT2D eigenvalue weighted by molar-refractivity contribution is -0.133. The van der Waals surface area contributed by atoms with Gasteiger partial charge in [0.15, 0.2) is 6.23 Å². The zero-order chi connectivity index (χ0) is 20.8. The Morgan fingerprint density at radius 3 is 2.59 bits per heavy atom. The van der Waals surface area contributed by atoms with Gasteiger partial charge in [-0.3, -0.25) is 4.79 Å². The second-order valence-electron chi connectivity index (χ2n) is 7.85. The number of allylic oxidation sites excluding steroid dienone is 2. The summed E-state index contributed by atoms with van der Waals surface area (Å²) in [6.45, 7) is 3.17. The average molecular weight is 413 g/mol. The van der Waals surface area contributed by atoms with Crippen LogP contribution in [-0.2, 0) is 4.79 Å². The standard InChI is InChI=1S/C18H22F3N5O3/c1-10(15(28)26-8-6-17(4-5-17)7-9-26)22-16-25-24-14(29-16)12-3-2-11(13(27)23-12)18(19,20)21/h2-3,10,13,23,27H,4-9H2,1H3,(H,22,25)/t10-,13?/m1/s1. The molecule has 0 bridgehead atoms. The van der Waals surface area contributed by atoms with E-state index in [1.807, 2.05) is 4.90 Å². The number of hydrogen-bond acceptors (Lipinski definition) is 7. The van der Waals surface area contributed by atoms with Crippen molar-refractivity contribution < 1.29 is 27.5 Å². The summed E-state index contributed by atoms with van der Waals surface area (Å²) in [5.74, 6) is -0.166. The Morgan fingerprint density at radius 1 is 1.31 bits per heavy atom. The number of alkyl halides is 3. The number of halogens is 3. The van der Waals surface area contributed by atoms with Gasteiger partial charge in [0.1, 0.15) is 11.7 Å². The SMILES string of the molecule is C[C@@H](Nc1nnc(C2=CC=C(C(F)(F)F)C(O)N2)o1)C(=O)N1CCC2(CC1)CC2. The first-order chi connectivity index (χ1) is 13.7. The van der Waals surface area contributed by atoms with Gasteiger partial charge in [-0.2, -0.15) is 13.2 Å². The second-order valence-corrected chi connectivity index (χ2v) is 7.85. The number of aliphatic hydroxyl groups excluding tert-OH is 1. The van der Waals surface area contributed by atoms with Crippen LogP contribution in [0.1, 0.15) is 38.5 Å². The smallest absolute Gasteiger partial charge is 0.402 e. The fraction of sp³-hybridized carbons (Fsp3) is 0.611. The second kappa shape index (κ2) is 7.05. The van der Waals surface area contributed by atoms with E-state index < -0.39 is 24.0 Å². The molecule has 1 amide bonds. The first kappa shape index (κ1) is 19.7. The number of likely N-dealkylation sites (tertiary alicyclic amines) is 1. The number of aromatic nitrogens is 2. The number of rotatable bonds is 4. The van der Waals surface area contributed by atoms with E-state index in [4.69, 9.17) is 4.42 Å². The van der Waals surface area contributed by atoms with Crippen molar-refractivity contribution in [2.24, 2.45) is 5.41 Å². The third kappa shape index (κ3) is 4.09. The lowest BCUT2D eigenvalue weighted by Gasteiger charge is -2.33. The topological polar surface area (TPSA) is 104 Å². The third-order valence-electron chi connectivity index (χ3n) is 5.80. The molecule has 3 heterocycles. The fourth-order valence-corrected chi connectivity index (χ4v) is 3.71. The summed E-state index contributed by atoms with van der Waals surface area (Å²) in [7, 11) is 0. The zero-order valence-corrected chi connectivity index (χ0v) is 15.8. The van der Waals surface area contributed by atoms with Crippen molar-refractivity contribution in [2.45, 2.75) is 51.1 Å². The highest BCUT2D eigenvalue weighted by molar-refractivity contribution is 5.83. The van der Waals surface area contributed by atoms with Crippen LogP contribution in [0.2, 0.25) is 0 Å². The van der Waals surface area contributed by atoms with E-state index in [0.717, 1.165) is 38.1 Å². The molecule has 3 N–H and O–H groups in total. The van der Waals surface area contributed by atoms with Crippen LogP contribution in [0.3, 0.4) is 0 Å². The summed E-state index contributed by atoms with van der Waals surface area (Å²) < 4.78 is 43.6. The van der Waals surface area contributed by atoms with Gasteiger partial charge in [0.05, 0.1) is 5.57 Å².